The van der Waals surface area contributed by atoms with Gasteiger partial charge in [-0.25, -0.2) is 0 Å². The molecule has 140 valence electrons. The summed E-state index contributed by atoms with van der Waals surface area (Å²) < 4.78 is 43.6. The van der Waals surface area contributed by atoms with Crippen LogP contribution in [-0.2, 0) is 17.4 Å². The number of nitrogens with zero attached hydrogens (tertiary/aromatic N) is 3. The first-order chi connectivity index (χ1) is 12.4. The number of halogens is 3. The highest BCUT2D eigenvalue weighted by Crippen LogP contribution is 2.36. The zero-order valence-corrected chi connectivity index (χ0v) is 14.4. The van der Waals surface area contributed by atoms with Gasteiger partial charge < -0.3 is 9.42 Å². The molecule has 1 aliphatic heterocycles. The Kier molecular flexibility index (Phi) is 5.29. The normalized spacial score (nSPS) is 21.0. The van der Waals surface area contributed by atoms with Crippen LogP contribution in [0.2, 0.25) is 0 Å². The standard InChI is InChI=1S/C18H20F3N3O2/c1-2-3-16-22-17(26-23-16)14-8-13(9-24(10-14)11-25)12-4-6-15(7-5-12)18(19,20)21/h4-7,11,13-14H,2-3,8-10H2,1H3. The number of hydrogen-bond acceptors (Lipinski definition) is 4. The minimum atomic E-state index is -4.36. The fraction of sp³-hybridized carbons (Fsp3) is 0.500. The highest BCUT2D eigenvalue weighted by Gasteiger charge is 2.33. The SMILES string of the molecule is CCCc1noc(C2CC(c3ccc(C(F)(F)F)cc3)CN(C=O)C2)n1. The molecule has 1 fully saturated rings. The van der Waals surface area contributed by atoms with Crippen LogP contribution >= 0.6 is 0 Å². The van der Waals surface area contributed by atoms with E-state index in [9.17, 15) is 18.0 Å². The zero-order valence-electron chi connectivity index (χ0n) is 14.4. The second kappa shape index (κ2) is 7.47. The summed E-state index contributed by atoms with van der Waals surface area (Å²) in [4.78, 5) is 17.3. The van der Waals surface area contributed by atoms with E-state index in [1.807, 2.05) is 6.92 Å². The van der Waals surface area contributed by atoms with E-state index >= 15 is 0 Å². The van der Waals surface area contributed by atoms with E-state index in [0.717, 1.165) is 36.9 Å². The summed E-state index contributed by atoms with van der Waals surface area (Å²) in [6.07, 6.45) is -1.34. The van der Waals surface area contributed by atoms with Crippen molar-refractivity contribution in [1.82, 2.24) is 15.0 Å². The van der Waals surface area contributed by atoms with E-state index in [1.54, 1.807) is 4.90 Å². The summed E-state index contributed by atoms with van der Waals surface area (Å²) >= 11 is 0. The fourth-order valence-electron chi connectivity index (χ4n) is 3.34. The van der Waals surface area contributed by atoms with E-state index in [1.165, 1.54) is 12.1 Å². The number of piperidine rings is 1. The summed E-state index contributed by atoms with van der Waals surface area (Å²) in [5.41, 5.74) is 0.0878. The van der Waals surface area contributed by atoms with Crippen molar-refractivity contribution in [2.45, 2.75) is 44.2 Å². The first kappa shape index (κ1) is 18.4. The first-order valence-corrected chi connectivity index (χ1v) is 8.59. The maximum Gasteiger partial charge on any atom is 0.416 e. The third-order valence-electron chi connectivity index (χ3n) is 4.64. The van der Waals surface area contributed by atoms with E-state index in [-0.39, 0.29) is 11.8 Å². The molecule has 0 N–H and O–H groups in total. The van der Waals surface area contributed by atoms with Gasteiger partial charge in [0.1, 0.15) is 0 Å². The maximum atomic E-state index is 12.7. The van der Waals surface area contributed by atoms with Gasteiger partial charge in [0.05, 0.1) is 11.5 Å². The molecule has 0 spiro atoms. The topological polar surface area (TPSA) is 59.2 Å². The number of alkyl halides is 3. The molecule has 0 saturated carbocycles. The number of benzene rings is 1. The Morgan fingerprint density at radius 2 is 1.92 bits per heavy atom. The van der Waals surface area contributed by atoms with Crippen LogP contribution in [-0.4, -0.2) is 34.5 Å². The van der Waals surface area contributed by atoms with Crippen molar-refractivity contribution in [3.05, 3.63) is 47.1 Å². The molecule has 1 aromatic carbocycles. The molecule has 0 radical (unpaired) electrons. The lowest BCUT2D eigenvalue weighted by Gasteiger charge is -2.34. The molecule has 0 bridgehead atoms. The van der Waals surface area contributed by atoms with E-state index in [0.29, 0.717) is 31.2 Å². The number of aryl methyl sites for hydroxylation is 1. The van der Waals surface area contributed by atoms with Gasteiger partial charge in [-0.05, 0) is 30.5 Å². The van der Waals surface area contributed by atoms with Crippen molar-refractivity contribution >= 4 is 6.41 Å². The van der Waals surface area contributed by atoms with Gasteiger partial charge in [-0.2, -0.15) is 18.2 Å². The molecule has 1 amide bonds. The monoisotopic (exact) mass is 367 g/mol. The Hall–Kier alpha value is -2.38. The molecule has 1 aromatic heterocycles. The molecule has 2 unspecified atom stereocenters. The van der Waals surface area contributed by atoms with Crippen LogP contribution in [0.25, 0.3) is 0 Å². The molecule has 5 nitrogen and oxygen atoms in total. The minimum absolute atomic E-state index is 0.0808. The molecule has 2 aromatic rings. The zero-order chi connectivity index (χ0) is 18.7. The largest absolute Gasteiger partial charge is 0.416 e. The van der Waals surface area contributed by atoms with Crippen molar-refractivity contribution in [3.8, 4) is 0 Å². The predicted molar refractivity (Wildman–Crippen MR) is 87.5 cm³/mol. The van der Waals surface area contributed by atoms with Gasteiger partial charge in [0.2, 0.25) is 12.3 Å². The summed E-state index contributed by atoms with van der Waals surface area (Å²) in [6, 6.07) is 5.12. The van der Waals surface area contributed by atoms with Crippen molar-refractivity contribution in [2.75, 3.05) is 13.1 Å². The van der Waals surface area contributed by atoms with E-state index in [2.05, 4.69) is 10.1 Å². The van der Waals surface area contributed by atoms with Gasteiger partial charge in [0.25, 0.3) is 0 Å². The van der Waals surface area contributed by atoms with Crippen LogP contribution in [0, 0.1) is 0 Å². The van der Waals surface area contributed by atoms with Crippen LogP contribution in [0.4, 0.5) is 13.2 Å². The Morgan fingerprint density at radius 3 is 2.54 bits per heavy atom. The smallest absolute Gasteiger partial charge is 0.344 e. The third-order valence-corrected chi connectivity index (χ3v) is 4.64. The average molecular weight is 367 g/mol. The Bertz CT molecular complexity index is 743. The second-order valence-corrected chi connectivity index (χ2v) is 6.61. The number of rotatable bonds is 5. The van der Waals surface area contributed by atoms with Crippen LogP contribution in [0.3, 0.4) is 0 Å². The Balaban J connectivity index is 1.79. The molecular weight excluding hydrogens is 347 g/mol. The van der Waals surface area contributed by atoms with Gasteiger partial charge in [-0.15, -0.1) is 0 Å². The number of likely N-dealkylation sites (tertiary alicyclic amines) is 1. The lowest BCUT2D eigenvalue weighted by Crippen LogP contribution is -2.37. The molecular formula is C18H20F3N3O2. The van der Waals surface area contributed by atoms with E-state index < -0.39 is 11.7 Å². The second-order valence-electron chi connectivity index (χ2n) is 6.61. The summed E-state index contributed by atoms with van der Waals surface area (Å²) in [6.45, 7) is 2.95. The number of aromatic nitrogens is 2. The van der Waals surface area contributed by atoms with Gasteiger partial charge >= 0.3 is 6.18 Å². The van der Waals surface area contributed by atoms with Crippen molar-refractivity contribution < 1.29 is 22.5 Å². The van der Waals surface area contributed by atoms with Crippen molar-refractivity contribution in [1.29, 1.82) is 0 Å². The Morgan fingerprint density at radius 1 is 1.23 bits per heavy atom. The maximum absolute atomic E-state index is 12.7. The lowest BCUT2D eigenvalue weighted by atomic mass is 9.84. The summed E-state index contributed by atoms with van der Waals surface area (Å²) in [5, 5.41) is 3.95. The predicted octanol–water partition coefficient (Wildman–Crippen LogP) is 3.77. The molecule has 1 saturated heterocycles. The number of carbonyl (C=O) groups excluding carboxylic acids is 1. The highest BCUT2D eigenvalue weighted by molar-refractivity contribution is 5.48. The van der Waals surface area contributed by atoms with Crippen LogP contribution in [0.5, 0.6) is 0 Å². The van der Waals surface area contributed by atoms with Crippen LogP contribution < -0.4 is 0 Å². The van der Waals surface area contributed by atoms with Crippen molar-refractivity contribution in [3.63, 3.8) is 0 Å². The molecule has 0 aliphatic carbocycles. The molecule has 3 rings (SSSR count). The average Bonchev–Trinajstić information content (AvgIpc) is 3.10. The highest BCUT2D eigenvalue weighted by atomic mass is 19.4. The number of carbonyl (C=O) groups is 1. The van der Waals surface area contributed by atoms with Gasteiger partial charge in [-0.1, -0.05) is 24.2 Å². The quantitative estimate of drug-likeness (QED) is 0.755. The Labute approximate surface area is 149 Å². The number of hydrogen-bond donors (Lipinski definition) is 0. The molecule has 8 heteroatoms. The lowest BCUT2D eigenvalue weighted by molar-refractivity contribution is -0.137. The third kappa shape index (κ3) is 4.05. The molecule has 26 heavy (non-hydrogen) atoms. The van der Waals surface area contributed by atoms with Gasteiger partial charge in [0.15, 0.2) is 5.82 Å². The first-order valence-electron chi connectivity index (χ1n) is 8.59. The van der Waals surface area contributed by atoms with Crippen LogP contribution in [0.15, 0.2) is 28.8 Å². The summed E-state index contributed by atoms with van der Waals surface area (Å²) in [7, 11) is 0. The molecule has 2 atom stereocenters. The minimum Gasteiger partial charge on any atom is -0.344 e. The van der Waals surface area contributed by atoms with Crippen LogP contribution in [0.1, 0.15) is 54.4 Å². The van der Waals surface area contributed by atoms with Gasteiger partial charge in [0, 0.05) is 25.4 Å². The number of amides is 1. The fourth-order valence-corrected chi connectivity index (χ4v) is 3.34. The summed E-state index contributed by atoms with van der Waals surface area (Å²) in [5.74, 6) is 0.913. The van der Waals surface area contributed by atoms with Gasteiger partial charge in [-0.3, -0.25) is 4.79 Å². The van der Waals surface area contributed by atoms with E-state index in [4.69, 9.17) is 4.52 Å². The molecule has 1 aliphatic rings. The van der Waals surface area contributed by atoms with Crippen molar-refractivity contribution in [2.24, 2.45) is 0 Å². The molecule has 2 heterocycles.